The smallest absolute Gasteiger partial charge is 0.326 e. The van der Waals surface area contributed by atoms with Gasteiger partial charge in [0.15, 0.2) is 0 Å². The van der Waals surface area contributed by atoms with Gasteiger partial charge < -0.3 is 5.73 Å². The standard InChI is InChI=1S/C12H15F3N2.ClH/c13-12(14,15)10-3-1-9(2-4-10)7-17-6-5-11(16)8-17;/h1-4,11H,5-8,16H2;1H. The number of halogens is 4. The topological polar surface area (TPSA) is 29.3 Å². The summed E-state index contributed by atoms with van der Waals surface area (Å²) in [5, 5.41) is 0. The number of hydrogen-bond donors (Lipinski definition) is 1. The van der Waals surface area contributed by atoms with Gasteiger partial charge in [-0.25, -0.2) is 0 Å². The van der Waals surface area contributed by atoms with Crippen LogP contribution in [0.3, 0.4) is 0 Å². The van der Waals surface area contributed by atoms with Crippen LogP contribution in [0.25, 0.3) is 0 Å². The molecule has 1 saturated heterocycles. The van der Waals surface area contributed by atoms with E-state index in [1.807, 2.05) is 0 Å². The molecule has 0 amide bonds. The van der Waals surface area contributed by atoms with Crippen LogP contribution < -0.4 is 5.73 Å². The molecule has 2 N–H and O–H groups in total. The molecule has 0 aromatic heterocycles. The molecule has 0 saturated carbocycles. The lowest BCUT2D eigenvalue weighted by atomic mass is 10.1. The molecule has 0 radical (unpaired) electrons. The van der Waals surface area contributed by atoms with Gasteiger partial charge in [0.05, 0.1) is 5.56 Å². The predicted molar refractivity (Wildman–Crippen MR) is 66.6 cm³/mol. The molecular weight excluding hydrogens is 265 g/mol. The average molecular weight is 281 g/mol. The second kappa shape index (κ2) is 5.91. The van der Waals surface area contributed by atoms with E-state index in [2.05, 4.69) is 4.90 Å². The van der Waals surface area contributed by atoms with Crippen molar-refractivity contribution in [3.63, 3.8) is 0 Å². The molecule has 1 unspecified atom stereocenters. The Labute approximate surface area is 110 Å². The Morgan fingerprint density at radius 2 is 1.83 bits per heavy atom. The SMILES string of the molecule is Cl.NC1CCN(Cc2ccc(C(F)(F)F)cc2)C1. The molecule has 1 aromatic rings. The lowest BCUT2D eigenvalue weighted by Crippen LogP contribution is -2.26. The fourth-order valence-electron chi connectivity index (χ4n) is 2.06. The highest BCUT2D eigenvalue weighted by atomic mass is 35.5. The summed E-state index contributed by atoms with van der Waals surface area (Å²) in [5.41, 5.74) is 6.07. The number of likely N-dealkylation sites (tertiary alicyclic amines) is 1. The van der Waals surface area contributed by atoms with Crippen molar-refractivity contribution < 1.29 is 13.2 Å². The van der Waals surface area contributed by atoms with Gasteiger partial charge in [0.2, 0.25) is 0 Å². The van der Waals surface area contributed by atoms with Gasteiger partial charge in [0, 0.05) is 25.7 Å². The third-order valence-corrected chi connectivity index (χ3v) is 3.00. The third kappa shape index (κ3) is 3.86. The normalized spacial score (nSPS) is 20.8. The summed E-state index contributed by atoms with van der Waals surface area (Å²) in [4.78, 5) is 2.16. The average Bonchev–Trinajstić information content (AvgIpc) is 2.63. The van der Waals surface area contributed by atoms with Gasteiger partial charge in [-0.15, -0.1) is 12.4 Å². The molecule has 2 rings (SSSR count). The maximum absolute atomic E-state index is 12.3. The molecule has 0 spiro atoms. The molecule has 2 nitrogen and oxygen atoms in total. The first-order chi connectivity index (χ1) is 7.95. The maximum Gasteiger partial charge on any atom is 0.416 e. The van der Waals surface area contributed by atoms with E-state index < -0.39 is 11.7 Å². The fourth-order valence-corrected chi connectivity index (χ4v) is 2.06. The lowest BCUT2D eigenvalue weighted by molar-refractivity contribution is -0.137. The Balaban J connectivity index is 0.00000162. The molecule has 1 heterocycles. The second-order valence-electron chi connectivity index (χ2n) is 4.48. The molecule has 1 atom stereocenters. The zero-order valence-corrected chi connectivity index (χ0v) is 10.6. The molecule has 1 aliphatic heterocycles. The molecule has 102 valence electrons. The minimum absolute atomic E-state index is 0. The molecule has 1 aromatic carbocycles. The van der Waals surface area contributed by atoms with Gasteiger partial charge >= 0.3 is 6.18 Å². The summed E-state index contributed by atoms with van der Waals surface area (Å²) >= 11 is 0. The van der Waals surface area contributed by atoms with Gasteiger partial charge in [-0.05, 0) is 24.1 Å². The van der Waals surface area contributed by atoms with Crippen LogP contribution in [0.5, 0.6) is 0 Å². The van der Waals surface area contributed by atoms with Crippen molar-refractivity contribution in [3.8, 4) is 0 Å². The van der Waals surface area contributed by atoms with Crippen molar-refractivity contribution >= 4 is 12.4 Å². The Kier molecular flexibility index (Phi) is 5.01. The Morgan fingerprint density at radius 3 is 2.28 bits per heavy atom. The molecule has 0 aliphatic carbocycles. The zero-order chi connectivity index (χ0) is 12.5. The van der Waals surface area contributed by atoms with Gasteiger partial charge in [-0.1, -0.05) is 12.1 Å². The maximum atomic E-state index is 12.3. The third-order valence-electron chi connectivity index (χ3n) is 3.00. The van der Waals surface area contributed by atoms with Crippen molar-refractivity contribution in [3.05, 3.63) is 35.4 Å². The van der Waals surface area contributed by atoms with Gasteiger partial charge in [-0.2, -0.15) is 13.2 Å². The first kappa shape index (κ1) is 15.3. The quantitative estimate of drug-likeness (QED) is 0.902. The molecule has 18 heavy (non-hydrogen) atoms. The van der Waals surface area contributed by atoms with E-state index in [9.17, 15) is 13.2 Å². The molecule has 1 fully saturated rings. The van der Waals surface area contributed by atoms with Gasteiger partial charge in [0.1, 0.15) is 0 Å². The minimum atomic E-state index is -4.26. The van der Waals surface area contributed by atoms with Gasteiger partial charge in [0.25, 0.3) is 0 Å². The minimum Gasteiger partial charge on any atom is -0.326 e. The summed E-state index contributed by atoms with van der Waals surface area (Å²) in [6, 6.07) is 5.53. The van der Waals surface area contributed by atoms with Crippen LogP contribution in [0.1, 0.15) is 17.5 Å². The van der Waals surface area contributed by atoms with E-state index in [1.54, 1.807) is 0 Å². The van der Waals surface area contributed by atoms with E-state index in [-0.39, 0.29) is 18.4 Å². The summed E-state index contributed by atoms with van der Waals surface area (Å²) in [6.45, 7) is 2.41. The monoisotopic (exact) mass is 280 g/mol. The highest BCUT2D eigenvalue weighted by molar-refractivity contribution is 5.85. The van der Waals surface area contributed by atoms with E-state index in [0.29, 0.717) is 6.54 Å². The number of hydrogen-bond acceptors (Lipinski definition) is 2. The van der Waals surface area contributed by atoms with Crippen molar-refractivity contribution in [2.45, 2.75) is 25.2 Å². The molecular formula is C12H16ClF3N2. The summed E-state index contributed by atoms with van der Waals surface area (Å²) < 4.78 is 37.0. The largest absolute Gasteiger partial charge is 0.416 e. The second-order valence-corrected chi connectivity index (χ2v) is 4.48. The first-order valence-corrected chi connectivity index (χ1v) is 5.59. The van der Waals surface area contributed by atoms with Crippen LogP contribution in [-0.4, -0.2) is 24.0 Å². The summed E-state index contributed by atoms with van der Waals surface area (Å²) in [6.07, 6.45) is -3.30. The van der Waals surface area contributed by atoms with E-state index in [1.165, 1.54) is 12.1 Å². The van der Waals surface area contributed by atoms with Crippen molar-refractivity contribution in [2.24, 2.45) is 5.73 Å². The molecule has 1 aliphatic rings. The number of nitrogens with two attached hydrogens (primary N) is 1. The highest BCUT2D eigenvalue weighted by Gasteiger charge is 2.30. The zero-order valence-electron chi connectivity index (χ0n) is 9.78. The van der Waals surface area contributed by atoms with Crippen LogP contribution in [0.2, 0.25) is 0 Å². The number of alkyl halides is 3. The Bertz CT molecular complexity index is 378. The van der Waals surface area contributed by atoms with Crippen LogP contribution in [0.15, 0.2) is 24.3 Å². The summed E-state index contributed by atoms with van der Waals surface area (Å²) in [7, 11) is 0. The lowest BCUT2D eigenvalue weighted by Gasteiger charge is -2.15. The van der Waals surface area contributed by atoms with Crippen LogP contribution >= 0.6 is 12.4 Å². The number of nitrogens with zero attached hydrogens (tertiary/aromatic N) is 1. The van der Waals surface area contributed by atoms with Gasteiger partial charge in [-0.3, -0.25) is 4.90 Å². The van der Waals surface area contributed by atoms with Crippen LogP contribution in [0.4, 0.5) is 13.2 Å². The van der Waals surface area contributed by atoms with E-state index in [0.717, 1.165) is 37.2 Å². The first-order valence-electron chi connectivity index (χ1n) is 5.59. The Morgan fingerprint density at radius 1 is 1.22 bits per heavy atom. The summed E-state index contributed by atoms with van der Waals surface area (Å²) in [5.74, 6) is 0. The number of benzene rings is 1. The van der Waals surface area contributed by atoms with Crippen LogP contribution in [-0.2, 0) is 12.7 Å². The van der Waals surface area contributed by atoms with E-state index in [4.69, 9.17) is 5.73 Å². The van der Waals surface area contributed by atoms with Crippen molar-refractivity contribution in [1.29, 1.82) is 0 Å². The highest BCUT2D eigenvalue weighted by Crippen LogP contribution is 2.29. The predicted octanol–water partition coefficient (Wildman–Crippen LogP) is 2.66. The Hall–Kier alpha value is -0.780. The number of rotatable bonds is 2. The molecule has 6 heteroatoms. The van der Waals surface area contributed by atoms with Crippen molar-refractivity contribution in [1.82, 2.24) is 4.90 Å². The fraction of sp³-hybridized carbons (Fsp3) is 0.500. The van der Waals surface area contributed by atoms with E-state index >= 15 is 0 Å². The van der Waals surface area contributed by atoms with Crippen LogP contribution in [0, 0.1) is 0 Å². The van der Waals surface area contributed by atoms with Crippen molar-refractivity contribution in [2.75, 3.05) is 13.1 Å². The molecule has 0 bridgehead atoms.